The highest BCUT2D eigenvalue weighted by Crippen LogP contribution is 2.41. The number of nitrogens with zero attached hydrogens (tertiary/aromatic N) is 4. The maximum Gasteiger partial charge on any atom is 0.397 e. The topological polar surface area (TPSA) is 349 Å². The van der Waals surface area contributed by atoms with E-state index in [2.05, 4.69) is 28.8 Å². The summed E-state index contributed by atoms with van der Waals surface area (Å²) in [7, 11) is -22.5. The standard InChI is InChI=1S/C23H24N4O18S5/c1-43-22-5-3-14(46(30,31)8-6-44-49(37,38)39)10-19(22)27-26-18-12-17(20(28)13-21(18)29)25-24-16-4-2-15(11-23(16)48(34,35)36)47(32,33)9-7-45-50(40,41)42/h2-5,10-13,28-29H,6-9H2,1H3,(H,34,35,36)(H,37,38,39)(H,40,41,42). The second-order valence-electron chi connectivity index (χ2n) is 9.31. The van der Waals surface area contributed by atoms with Crippen molar-refractivity contribution in [3.63, 3.8) is 0 Å². The van der Waals surface area contributed by atoms with Crippen molar-refractivity contribution < 1.29 is 79.1 Å². The van der Waals surface area contributed by atoms with Crippen LogP contribution in [0.5, 0.6) is 17.2 Å². The Morgan fingerprint density at radius 2 is 1.00 bits per heavy atom. The van der Waals surface area contributed by atoms with E-state index in [1.54, 1.807) is 0 Å². The number of rotatable bonds is 16. The van der Waals surface area contributed by atoms with Gasteiger partial charge in [-0.3, -0.25) is 13.7 Å². The summed E-state index contributed by atoms with van der Waals surface area (Å²) in [5.74, 6) is -3.35. The van der Waals surface area contributed by atoms with Gasteiger partial charge in [-0.1, -0.05) is 0 Å². The van der Waals surface area contributed by atoms with Crippen molar-refractivity contribution in [2.24, 2.45) is 20.5 Å². The van der Waals surface area contributed by atoms with E-state index in [9.17, 15) is 56.9 Å². The number of hydrogen-bond acceptors (Lipinski definition) is 19. The number of phenolic OH excluding ortho intramolecular Hbond substituents is 2. The molecular weight excluding hydrogens is 781 g/mol. The van der Waals surface area contributed by atoms with Crippen LogP contribution in [0.15, 0.2) is 83.7 Å². The molecule has 0 aliphatic carbocycles. The van der Waals surface area contributed by atoms with E-state index < -0.39 is 119 Å². The summed E-state index contributed by atoms with van der Waals surface area (Å²) in [6.45, 7) is -1.94. The average Bonchev–Trinajstić information content (AvgIpc) is 2.97. The summed E-state index contributed by atoms with van der Waals surface area (Å²) in [5.41, 5.74) is -1.78. The first-order valence-corrected chi connectivity index (χ1v) is 20.3. The van der Waals surface area contributed by atoms with Crippen LogP contribution in [0.1, 0.15) is 0 Å². The van der Waals surface area contributed by atoms with Gasteiger partial charge in [-0.2, -0.15) is 25.3 Å². The lowest BCUT2D eigenvalue weighted by atomic mass is 10.2. The van der Waals surface area contributed by atoms with E-state index in [0.29, 0.717) is 6.07 Å². The van der Waals surface area contributed by atoms with Crippen molar-refractivity contribution in [3.8, 4) is 17.2 Å². The van der Waals surface area contributed by atoms with E-state index in [1.807, 2.05) is 0 Å². The molecule has 0 fully saturated rings. The van der Waals surface area contributed by atoms with Crippen LogP contribution >= 0.6 is 0 Å². The third-order valence-corrected chi connectivity index (χ3v) is 11.0. The Balaban J connectivity index is 1.96. The molecule has 0 aromatic heterocycles. The smallest absolute Gasteiger partial charge is 0.397 e. The first-order valence-electron chi connectivity index (χ1n) is 12.8. The lowest BCUT2D eigenvalue weighted by Gasteiger charge is -2.08. The van der Waals surface area contributed by atoms with Gasteiger partial charge in [0.1, 0.15) is 44.9 Å². The van der Waals surface area contributed by atoms with Gasteiger partial charge in [0, 0.05) is 12.1 Å². The number of ether oxygens (including phenoxy) is 1. The third kappa shape index (κ3) is 11.4. The van der Waals surface area contributed by atoms with Crippen molar-refractivity contribution in [2.75, 3.05) is 31.8 Å². The van der Waals surface area contributed by atoms with Gasteiger partial charge in [0.25, 0.3) is 10.1 Å². The highest BCUT2D eigenvalue weighted by Gasteiger charge is 2.23. The molecule has 5 N–H and O–H groups in total. The molecule has 0 radical (unpaired) electrons. The minimum absolute atomic E-state index is 0.0192. The Kier molecular flexibility index (Phi) is 12.4. The molecule has 0 bridgehead atoms. The van der Waals surface area contributed by atoms with E-state index in [-0.39, 0.29) is 11.4 Å². The average molecular weight is 805 g/mol. The first-order chi connectivity index (χ1) is 22.9. The van der Waals surface area contributed by atoms with Crippen molar-refractivity contribution in [1.29, 1.82) is 0 Å². The minimum Gasteiger partial charge on any atom is -0.505 e. The molecule has 274 valence electrons. The zero-order valence-electron chi connectivity index (χ0n) is 24.8. The van der Waals surface area contributed by atoms with Gasteiger partial charge in [0.15, 0.2) is 19.7 Å². The number of aromatic hydroxyl groups is 2. The fourth-order valence-corrected chi connectivity index (χ4v) is 7.32. The van der Waals surface area contributed by atoms with Crippen molar-refractivity contribution in [2.45, 2.75) is 14.7 Å². The maximum absolute atomic E-state index is 12.6. The molecule has 0 aliphatic rings. The predicted molar refractivity (Wildman–Crippen MR) is 166 cm³/mol. The molecule has 3 aromatic carbocycles. The molecule has 0 spiro atoms. The molecule has 0 aliphatic heterocycles. The number of benzene rings is 3. The zero-order valence-corrected chi connectivity index (χ0v) is 28.9. The van der Waals surface area contributed by atoms with Gasteiger partial charge < -0.3 is 14.9 Å². The first kappa shape index (κ1) is 40.2. The summed E-state index contributed by atoms with van der Waals surface area (Å²) in [6.07, 6.45) is 0. The van der Waals surface area contributed by atoms with Gasteiger partial charge in [0.05, 0.1) is 41.6 Å². The Morgan fingerprint density at radius 3 is 1.46 bits per heavy atom. The molecule has 3 aromatic rings. The predicted octanol–water partition coefficient (Wildman–Crippen LogP) is 2.37. The summed E-state index contributed by atoms with van der Waals surface area (Å²) < 4.78 is 157. The quantitative estimate of drug-likeness (QED) is 0.102. The van der Waals surface area contributed by atoms with Crippen LogP contribution in [-0.4, -0.2) is 97.8 Å². The van der Waals surface area contributed by atoms with E-state index in [4.69, 9.17) is 13.8 Å². The number of hydrogen-bond donors (Lipinski definition) is 5. The van der Waals surface area contributed by atoms with Crippen LogP contribution < -0.4 is 4.74 Å². The summed E-state index contributed by atoms with van der Waals surface area (Å²) >= 11 is 0. The molecule has 0 atom stereocenters. The summed E-state index contributed by atoms with van der Waals surface area (Å²) in [4.78, 5) is -2.20. The fraction of sp³-hybridized carbons (Fsp3) is 0.217. The van der Waals surface area contributed by atoms with Crippen LogP contribution in [0.3, 0.4) is 0 Å². The van der Waals surface area contributed by atoms with Gasteiger partial charge in [-0.05, 0) is 36.4 Å². The lowest BCUT2D eigenvalue weighted by molar-refractivity contribution is 0.282. The van der Waals surface area contributed by atoms with E-state index in [0.717, 1.165) is 36.4 Å². The molecule has 0 saturated heterocycles. The van der Waals surface area contributed by atoms with Crippen molar-refractivity contribution in [3.05, 3.63) is 48.5 Å². The number of sulfone groups is 2. The van der Waals surface area contributed by atoms with Crippen molar-refractivity contribution in [1.82, 2.24) is 0 Å². The van der Waals surface area contributed by atoms with Crippen LogP contribution in [0, 0.1) is 0 Å². The molecular formula is C23H24N4O18S5. The fourth-order valence-electron chi connectivity index (χ4n) is 3.58. The van der Waals surface area contributed by atoms with Gasteiger partial charge in [0.2, 0.25) is 0 Å². The van der Waals surface area contributed by atoms with Crippen molar-refractivity contribution >= 4 is 73.3 Å². The molecule has 0 unspecified atom stereocenters. The molecule has 0 heterocycles. The van der Waals surface area contributed by atoms with Gasteiger partial charge in [-0.15, -0.1) is 20.5 Å². The second kappa shape index (κ2) is 15.4. The normalized spacial score (nSPS) is 13.3. The van der Waals surface area contributed by atoms with Crippen LogP contribution in [0.4, 0.5) is 22.7 Å². The Bertz CT molecular complexity index is 2400. The highest BCUT2D eigenvalue weighted by atomic mass is 32.3. The SMILES string of the molecule is COc1ccc(S(=O)(=O)CCOS(=O)(=O)O)cc1N=Nc1cc(N=Nc2ccc(S(=O)(=O)CCOS(=O)(=O)O)cc2S(=O)(=O)O)c(O)cc1O. The van der Waals surface area contributed by atoms with Crippen LogP contribution in [0.2, 0.25) is 0 Å². The number of phenols is 2. The van der Waals surface area contributed by atoms with Crippen LogP contribution in [-0.2, 0) is 59.0 Å². The van der Waals surface area contributed by atoms with Gasteiger partial charge in [-0.25, -0.2) is 25.2 Å². The summed E-state index contributed by atoms with van der Waals surface area (Å²) in [5, 5.41) is 35.4. The molecule has 3 rings (SSSR count). The molecule has 22 nitrogen and oxygen atoms in total. The monoisotopic (exact) mass is 804 g/mol. The molecule has 0 amide bonds. The lowest BCUT2D eigenvalue weighted by Crippen LogP contribution is -2.16. The number of methoxy groups -OCH3 is 1. The largest absolute Gasteiger partial charge is 0.505 e. The summed E-state index contributed by atoms with van der Waals surface area (Å²) in [6, 6.07) is 6.96. The highest BCUT2D eigenvalue weighted by molar-refractivity contribution is 7.92. The zero-order chi connectivity index (χ0) is 37.7. The van der Waals surface area contributed by atoms with E-state index in [1.165, 1.54) is 13.2 Å². The van der Waals surface area contributed by atoms with Crippen LogP contribution in [0.25, 0.3) is 0 Å². The van der Waals surface area contributed by atoms with E-state index >= 15 is 0 Å². The second-order valence-corrected chi connectivity index (χ2v) is 17.1. The third-order valence-electron chi connectivity index (χ3n) is 5.85. The number of azo groups is 2. The maximum atomic E-state index is 12.6. The Hall–Kier alpha value is -4.19. The Labute approximate surface area is 284 Å². The molecule has 27 heteroatoms. The van der Waals surface area contributed by atoms with Gasteiger partial charge >= 0.3 is 20.8 Å². The molecule has 0 saturated carbocycles. The Morgan fingerprint density at radius 1 is 0.560 bits per heavy atom. The minimum atomic E-state index is -5.18. The molecule has 50 heavy (non-hydrogen) atoms.